The van der Waals surface area contributed by atoms with E-state index >= 15 is 0 Å². The van der Waals surface area contributed by atoms with Crippen LogP contribution in [-0.4, -0.2) is 10.7 Å². The summed E-state index contributed by atoms with van der Waals surface area (Å²) in [6.45, 7) is 4.34. The lowest BCUT2D eigenvalue weighted by atomic mass is 10.1. The first-order valence-electron chi connectivity index (χ1n) is 6.77. The molecular weight excluding hydrogens is 268 g/mol. The van der Waals surface area contributed by atoms with Gasteiger partial charge in [0.1, 0.15) is 0 Å². The number of aryl methyl sites for hydroxylation is 2. The van der Waals surface area contributed by atoms with Crippen LogP contribution in [0.1, 0.15) is 28.4 Å². The fourth-order valence-electron chi connectivity index (χ4n) is 2.15. The SMILES string of the molecule is CCc1c[n+](CC(=O)c2ccc([N+](=O)[O-])cc2)ccc1C. The molecule has 0 aliphatic rings. The summed E-state index contributed by atoms with van der Waals surface area (Å²) in [7, 11) is 0. The molecule has 2 aromatic rings. The molecule has 5 heteroatoms. The third-order valence-corrected chi connectivity index (χ3v) is 3.45. The normalized spacial score (nSPS) is 10.4. The molecule has 1 aromatic carbocycles. The summed E-state index contributed by atoms with van der Waals surface area (Å²) in [5, 5.41) is 10.6. The fraction of sp³-hybridized carbons (Fsp3) is 0.250. The predicted octanol–water partition coefficient (Wildman–Crippen LogP) is 2.64. The van der Waals surface area contributed by atoms with Gasteiger partial charge in [-0.3, -0.25) is 14.9 Å². The molecule has 2 rings (SSSR count). The van der Waals surface area contributed by atoms with Gasteiger partial charge in [0.15, 0.2) is 12.4 Å². The van der Waals surface area contributed by atoms with E-state index in [9.17, 15) is 14.9 Å². The lowest BCUT2D eigenvalue weighted by molar-refractivity contribution is -0.683. The van der Waals surface area contributed by atoms with E-state index < -0.39 is 4.92 Å². The maximum absolute atomic E-state index is 12.2. The molecule has 1 heterocycles. The number of nitro benzene ring substituents is 1. The molecule has 0 unspecified atom stereocenters. The van der Waals surface area contributed by atoms with Gasteiger partial charge >= 0.3 is 0 Å². The van der Waals surface area contributed by atoms with Crippen LogP contribution in [0.5, 0.6) is 0 Å². The van der Waals surface area contributed by atoms with E-state index in [0.29, 0.717) is 5.56 Å². The average Bonchev–Trinajstić information content (AvgIpc) is 2.49. The van der Waals surface area contributed by atoms with Crippen LogP contribution in [0.4, 0.5) is 5.69 Å². The minimum Gasteiger partial charge on any atom is -0.287 e. The average molecular weight is 285 g/mol. The summed E-state index contributed by atoms with van der Waals surface area (Å²) in [4.78, 5) is 22.3. The number of nitrogens with zero attached hydrogens (tertiary/aromatic N) is 2. The Balaban J connectivity index is 2.15. The molecule has 0 bridgehead atoms. The number of nitro groups is 1. The maximum Gasteiger partial charge on any atom is 0.269 e. The molecule has 0 aliphatic carbocycles. The van der Waals surface area contributed by atoms with Crippen molar-refractivity contribution >= 4 is 11.5 Å². The third-order valence-electron chi connectivity index (χ3n) is 3.45. The number of benzene rings is 1. The van der Waals surface area contributed by atoms with Gasteiger partial charge in [-0.1, -0.05) is 6.92 Å². The first kappa shape index (κ1) is 14.8. The Bertz CT molecular complexity index is 678. The minimum absolute atomic E-state index is 0.0113. The Morgan fingerprint density at radius 3 is 2.48 bits per heavy atom. The largest absolute Gasteiger partial charge is 0.287 e. The summed E-state index contributed by atoms with van der Waals surface area (Å²) < 4.78 is 1.84. The number of non-ortho nitro benzene ring substituents is 1. The number of hydrogen-bond donors (Lipinski definition) is 0. The molecule has 0 radical (unpaired) electrons. The molecule has 0 atom stereocenters. The summed E-state index contributed by atoms with van der Waals surface area (Å²) in [5.41, 5.74) is 2.88. The van der Waals surface area contributed by atoms with Gasteiger partial charge in [0.2, 0.25) is 12.3 Å². The molecule has 5 nitrogen and oxygen atoms in total. The highest BCUT2D eigenvalue weighted by Crippen LogP contribution is 2.12. The van der Waals surface area contributed by atoms with Crippen LogP contribution < -0.4 is 4.57 Å². The zero-order valence-corrected chi connectivity index (χ0v) is 12.1. The van der Waals surface area contributed by atoms with Gasteiger partial charge < -0.3 is 0 Å². The zero-order chi connectivity index (χ0) is 15.4. The fourth-order valence-corrected chi connectivity index (χ4v) is 2.15. The molecule has 0 amide bonds. The van der Waals surface area contributed by atoms with Gasteiger partial charge in [0, 0.05) is 29.3 Å². The molecular formula is C16H17N2O3+. The lowest BCUT2D eigenvalue weighted by Gasteiger charge is -2.02. The van der Waals surface area contributed by atoms with Crippen molar-refractivity contribution in [1.82, 2.24) is 0 Å². The topological polar surface area (TPSA) is 64.1 Å². The third kappa shape index (κ3) is 3.51. The Labute approximate surface area is 123 Å². The maximum atomic E-state index is 12.2. The van der Waals surface area contributed by atoms with E-state index in [4.69, 9.17) is 0 Å². The van der Waals surface area contributed by atoms with Crippen LogP contribution in [0.2, 0.25) is 0 Å². The molecule has 1 aromatic heterocycles. The van der Waals surface area contributed by atoms with Crippen molar-refractivity contribution in [1.29, 1.82) is 0 Å². The van der Waals surface area contributed by atoms with Gasteiger partial charge in [0.25, 0.3) is 5.69 Å². The van der Waals surface area contributed by atoms with Crippen molar-refractivity contribution < 1.29 is 14.3 Å². The van der Waals surface area contributed by atoms with Crippen molar-refractivity contribution in [2.45, 2.75) is 26.8 Å². The van der Waals surface area contributed by atoms with Crippen molar-refractivity contribution in [2.24, 2.45) is 0 Å². The van der Waals surface area contributed by atoms with Gasteiger partial charge in [-0.15, -0.1) is 0 Å². The van der Waals surface area contributed by atoms with Crippen LogP contribution in [0.3, 0.4) is 0 Å². The highest BCUT2D eigenvalue weighted by atomic mass is 16.6. The predicted molar refractivity (Wildman–Crippen MR) is 78.2 cm³/mol. The van der Waals surface area contributed by atoms with Crippen molar-refractivity contribution in [3.63, 3.8) is 0 Å². The summed E-state index contributed by atoms with van der Waals surface area (Å²) in [6, 6.07) is 7.68. The van der Waals surface area contributed by atoms with Crippen LogP contribution in [-0.2, 0) is 13.0 Å². The number of aromatic nitrogens is 1. The monoisotopic (exact) mass is 285 g/mol. The number of rotatable bonds is 5. The summed E-state index contributed by atoms with van der Waals surface area (Å²) in [5.74, 6) is -0.0687. The van der Waals surface area contributed by atoms with E-state index in [1.54, 1.807) is 0 Å². The highest BCUT2D eigenvalue weighted by molar-refractivity contribution is 5.95. The summed E-state index contributed by atoms with van der Waals surface area (Å²) >= 11 is 0. The van der Waals surface area contributed by atoms with Gasteiger partial charge in [-0.05, 0) is 31.0 Å². The van der Waals surface area contributed by atoms with Crippen LogP contribution in [0.25, 0.3) is 0 Å². The number of carbonyl (C=O) groups excluding carboxylic acids is 1. The second-order valence-corrected chi connectivity index (χ2v) is 4.91. The van der Waals surface area contributed by atoms with Gasteiger partial charge in [-0.25, -0.2) is 0 Å². The Morgan fingerprint density at radius 2 is 1.90 bits per heavy atom. The van der Waals surface area contributed by atoms with E-state index in [-0.39, 0.29) is 18.0 Å². The second kappa shape index (κ2) is 6.26. The zero-order valence-electron chi connectivity index (χ0n) is 12.1. The molecule has 0 aliphatic heterocycles. The quantitative estimate of drug-likeness (QED) is 0.367. The second-order valence-electron chi connectivity index (χ2n) is 4.91. The van der Waals surface area contributed by atoms with Crippen molar-refractivity contribution in [3.05, 3.63) is 69.5 Å². The molecule has 108 valence electrons. The number of ketones is 1. The van der Waals surface area contributed by atoms with Crippen LogP contribution in [0, 0.1) is 17.0 Å². The summed E-state index contributed by atoms with van der Waals surface area (Å²) in [6.07, 6.45) is 4.76. The Hall–Kier alpha value is -2.56. The molecule has 0 N–H and O–H groups in total. The number of pyridine rings is 1. The van der Waals surface area contributed by atoms with E-state index in [0.717, 1.165) is 6.42 Å². The molecule has 0 fully saturated rings. The van der Waals surface area contributed by atoms with E-state index in [2.05, 4.69) is 6.92 Å². The first-order chi connectivity index (χ1) is 10.0. The van der Waals surface area contributed by atoms with E-state index in [1.165, 1.54) is 35.4 Å². The number of hydrogen-bond acceptors (Lipinski definition) is 3. The highest BCUT2D eigenvalue weighted by Gasteiger charge is 2.14. The first-order valence-corrected chi connectivity index (χ1v) is 6.77. The molecule has 0 spiro atoms. The molecule has 21 heavy (non-hydrogen) atoms. The number of Topliss-reactive ketones (excluding diaryl/α,β-unsaturated/α-hetero) is 1. The number of carbonyl (C=O) groups is 1. The smallest absolute Gasteiger partial charge is 0.269 e. The van der Waals surface area contributed by atoms with Crippen LogP contribution in [0.15, 0.2) is 42.7 Å². The Kier molecular flexibility index (Phi) is 4.42. The van der Waals surface area contributed by atoms with Crippen molar-refractivity contribution in [2.75, 3.05) is 0 Å². The molecule has 0 saturated heterocycles. The Morgan fingerprint density at radius 1 is 1.24 bits per heavy atom. The van der Waals surface area contributed by atoms with Crippen LogP contribution >= 0.6 is 0 Å². The van der Waals surface area contributed by atoms with Gasteiger partial charge in [-0.2, -0.15) is 4.57 Å². The minimum atomic E-state index is -0.476. The standard InChI is InChI=1S/C16H17N2O3/c1-3-13-10-17(9-8-12(13)2)11-16(19)14-4-6-15(7-5-14)18(20)21/h4-10H,3,11H2,1-2H3/q+1. The van der Waals surface area contributed by atoms with E-state index in [1.807, 2.05) is 30.0 Å². The molecule has 0 saturated carbocycles. The van der Waals surface area contributed by atoms with Gasteiger partial charge in [0.05, 0.1) is 4.92 Å². The van der Waals surface area contributed by atoms with Crippen molar-refractivity contribution in [3.8, 4) is 0 Å². The lowest BCUT2D eigenvalue weighted by Crippen LogP contribution is -2.38.